The van der Waals surface area contributed by atoms with Crippen molar-refractivity contribution < 1.29 is 9.47 Å². The van der Waals surface area contributed by atoms with Crippen LogP contribution in [0.15, 0.2) is 36.4 Å². The Bertz CT molecular complexity index is 599. The monoisotopic (exact) mass is 291 g/mol. The van der Waals surface area contributed by atoms with Gasteiger partial charge in [-0.05, 0) is 61.4 Å². The summed E-state index contributed by atoms with van der Waals surface area (Å²) in [4.78, 5) is 0. The summed E-state index contributed by atoms with van der Waals surface area (Å²) in [6, 6.07) is 11.2. The highest BCUT2D eigenvalue weighted by atomic mass is 35.5. The molecule has 0 amide bonds. The molecule has 2 aromatic carbocycles. The third-order valence-corrected chi connectivity index (χ3v) is 3.22. The Morgan fingerprint density at radius 3 is 2.40 bits per heavy atom. The maximum atomic E-state index is 5.90. The zero-order valence-corrected chi connectivity index (χ0v) is 12.4. The number of nitrogens with two attached hydrogens (primary N) is 1. The number of halogens is 1. The number of ether oxygens (including phenoxy) is 2. The molecule has 0 saturated carbocycles. The van der Waals surface area contributed by atoms with Gasteiger partial charge >= 0.3 is 0 Å². The molecule has 0 atom stereocenters. The first-order chi connectivity index (χ1) is 9.56. The summed E-state index contributed by atoms with van der Waals surface area (Å²) < 4.78 is 11.3. The Morgan fingerprint density at radius 2 is 1.70 bits per heavy atom. The van der Waals surface area contributed by atoms with E-state index >= 15 is 0 Å². The number of benzene rings is 2. The van der Waals surface area contributed by atoms with Crippen molar-refractivity contribution >= 4 is 17.3 Å². The highest BCUT2D eigenvalue weighted by molar-refractivity contribution is 6.30. The third kappa shape index (κ3) is 3.81. The molecule has 0 aliphatic rings. The van der Waals surface area contributed by atoms with Gasteiger partial charge in [-0.3, -0.25) is 0 Å². The molecule has 20 heavy (non-hydrogen) atoms. The second-order valence-corrected chi connectivity index (χ2v) is 5.06. The van der Waals surface area contributed by atoms with Crippen LogP contribution in [0.25, 0.3) is 0 Å². The molecule has 0 saturated heterocycles. The molecular weight excluding hydrogens is 274 g/mol. The standard InChI is InChI=1S/C16H18ClNO2/c1-11-10-14(4-5-15(11)18)19-7-8-20-16-6-3-13(17)9-12(16)2/h3-6,9-10H,7-8,18H2,1-2H3. The Balaban J connectivity index is 1.82. The summed E-state index contributed by atoms with van der Waals surface area (Å²) in [6.07, 6.45) is 0. The minimum absolute atomic E-state index is 0.478. The molecule has 0 spiro atoms. The molecule has 4 heteroatoms. The first-order valence-electron chi connectivity index (χ1n) is 6.44. The van der Waals surface area contributed by atoms with E-state index in [1.807, 2.05) is 50.2 Å². The second-order valence-electron chi connectivity index (χ2n) is 4.63. The van der Waals surface area contributed by atoms with Crippen LogP contribution >= 0.6 is 11.6 Å². The maximum Gasteiger partial charge on any atom is 0.122 e. The van der Waals surface area contributed by atoms with Crippen LogP contribution in [0.1, 0.15) is 11.1 Å². The maximum absolute atomic E-state index is 5.90. The lowest BCUT2D eigenvalue weighted by Crippen LogP contribution is -2.09. The summed E-state index contributed by atoms with van der Waals surface area (Å²) in [5, 5.41) is 0.712. The molecule has 0 heterocycles. The van der Waals surface area contributed by atoms with Crippen molar-refractivity contribution in [2.45, 2.75) is 13.8 Å². The van der Waals surface area contributed by atoms with Gasteiger partial charge in [-0.15, -0.1) is 0 Å². The number of rotatable bonds is 5. The fraction of sp³-hybridized carbons (Fsp3) is 0.250. The molecule has 0 aliphatic heterocycles. The fourth-order valence-corrected chi connectivity index (χ4v) is 2.05. The van der Waals surface area contributed by atoms with E-state index in [4.69, 9.17) is 26.8 Å². The van der Waals surface area contributed by atoms with Crippen LogP contribution in [0.3, 0.4) is 0 Å². The smallest absolute Gasteiger partial charge is 0.122 e. The molecule has 0 aliphatic carbocycles. The van der Waals surface area contributed by atoms with Crippen LogP contribution in [0.2, 0.25) is 5.02 Å². The van der Waals surface area contributed by atoms with E-state index in [-0.39, 0.29) is 0 Å². The van der Waals surface area contributed by atoms with E-state index in [0.717, 1.165) is 28.3 Å². The zero-order valence-electron chi connectivity index (χ0n) is 11.7. The van der Waals surface area contributed by atoms with Crippen molar-refractivity contribution in [3.63, 3.8) is 0 Å². The molecule has 0 radical (unpaired) electrons. The minimum Gasteiger partial charge on any atom is -0.490 e. The molecular formula is C16H18ClNO2. The first kappa shape index (κ1) is 14.5. The average Bonchev–Trinajstić information content (AvgIpc) is 2.40. The summed E-state index contributed by atoms with van der Waals surface area (Å²) in [5.41, 5.74) is 8.55. The molecule has 2 N–H and O–H groups in total. The van der Waals surface area contributed by atoms with E-state index in [1.54, 1.807) is 0 Å². The van der Waals surface area contributed by atoms with Crippen LogP contribution in [-0.4, -0.2) is 13.2 Å². The van der Waals surface area contributed by atoms with Gasteiger partial charge in [0.15, 0.2) is 0 Å². The number of hydrogen-bond donors (Lipinski definition) is 1. The molecule has 0 bridgehead atoms. The Kier molecular flexibility index (Phi) is 4.74. The van der Waals surface area contributed by atoms with Gasteiger partial charge in [0, 0.05) is 10.7 Å². The van der Waals surface area contributed by atoms with Crippen molar-refractivity contribution in [1.29, 1.82) is 0 Å². The fourth-order valence-electron chi connectivity index (χ4n) is 1.82. The van der Waals surface area contributed by atoms with Gasteiger partial charge in [0.25, 0.3) is 0 Å². The van der Waals surface area contributed by atoms with Crippen molar-refractivity contribution in [2.24, 2.45) is 0 Å². The van der Waals surface area contributed by atoms with Gasteiger partial charge < -0.3 is 15.2 Å². The van der Waals surface area contributed by atoms with E-state index in [1.165, 1.54) is 0 Å². The predicted molar refractivity (Wildman–Crippen MR) is 82.8 cm³/mol. The van der Waals surface area contributed by atoms with Gasteiger partial charge in [-0.2, -0.15) is 0 Å². The van der Waals surface area contributed by atoms with Crippen LogP contribution in [0, 0.1) is 13.8 Å². The van der Waals surface area contributed by atoms with Gasteiger partial charge in [-0.1, -0.05) is 11.6 Å². The second kappa shape index (κ2) is 6.53. The van der Waals surface area contributed by atoms with E-state index in [0.29, 0.717) is 18.2 Å². The normalized spacial score (nSPS) is 10.3. The van der Waals surface area contributed by atoms with Crippen LogP contribution in [-0.2, 0) is 0 Å². The highest BCUT2D eigenvalue weighted by Crippen LogP contribution is 2.22. The number of aryl methyl sites for hydroxylation is 2. The van der Waals surface area contributed by atoms with Crippen molar-refractivity contribution in [3.05, 3.63) is 52.5 Å². The molecule has 2 aromatic rings. The van der Waals surface area contributed by atoms with Crippen LogP contribution < -0.4 is 15.2 Å². The Morgan fingerprint density at radius 1 is 0.950 bits per heavy atom. The lowest BCUT2D eigenvalue weighted by atomic mass is 10.2. The van der Waals surface area contributed by atoms with Crippen LogP contribution in [0.5, 0.6) is 11.5 Å². The molecule has 0 fully saturated rings. The van der Waals surface area contributed by atoms with E-state index in [9.17, 15) is 0 Å². The van der Waals surface area contributed by atoms with Gasteiger partial charge in [0.05, 0.1) is 0 Å². The Hall–Kier alpha value is -1.87. The van der Waals surface area contributed by atoms with E-state index in [2.05, 4.69) is 0 Å². The summed E-state index contributed by atoms with van der Waals surface area (Å²) >= 11 is 5.90. The molecule has 106 valence electrons. The SMILES string of the molecule is Cc1cc(OCCOc2ccc(Cl)cc2C)ccc1N. The Labute approximate surface area is 124 Å². The van der Waals surface area contributed by atoms with Crippen molar-refractivity contribution in [3.8, 4) is 11.5 Å². The van der Waals surface area contributed by atoms with Gasteiger partial charge in [-0.25, -0.2) is 0 Å². The molecule has 0 unspecified atom stereocenters. The molecule has 0 aromatic heterocycles. The lowest BCUT2D eigenvalue weighted by molar-refractivity contribution is 0.216. The van der Waals surface area contributed by atoms with Gasteiger partial charge in [0.2, 0.25) is 0 Å². The zero-order chi connectivity index (χ0) is 14.5. The first-order valence-corrected chi connectivity index (χ1v) is 6.82. The number of anilines is 1. The van der Waals surface area contributed by atoms with E-state index < -0.39 is 0 Å². The van der Waals surface area contributed by atoms with Crippen molar-refractivity contribution in [2.75, 3.05) is 18.9 Å². The number of hydrogen-bond acceptors (Lipinski definition) is 3. The predicted octanol–water partition coefficient (Wildman–Crippen LogP) is 4.00. The summed E-state index contributed by atoms with van der Waals surface area (Å²) in [7, 11) is 0. The molecule has 2 rings (SSSR count). The number of nitrogen functional groups attached to an aromatic ring is 1. The summed E-state index contributed by atoms with van der Waals surface area (Å²) in [6.45, 7) is 4.87. The topological polar surface area (TPSA) is 44.5 Å². The third-order valence-electron chi connectivity index (χ3n) is 2.99. The minimum atomic E-state index is 0.478. The van der Waals surface area contributed by atoms with Crippen LogP contribution in [0.4, 0.5) is 5.69 Å². The molecule has 3 nitrogen and oxygen atoms in total. The lowest BCUT2D eigenvalue weighted by Gasteiger charge is -2.11. The summed E-state index contributed by atoms with van der Waals surface area (Å²) in [5.74, 6) is 1.62. The largest absolute Gasteiger partial charge is 0.490 e. The van der Waals surface area contributed by atoms with Gasteiger partial charge in [0.1, 0.15) is 24.7 Å². The quantitative estimate of drug-likeness (QED) is 0.669. The van der Waals surface area contributed by atoms with Crippen molar-refractivity contribution in [1.82, 2.24) is 0 Å². The highest BCUT2D eigenvalue weighted by Gasteiger charge is 2.01. The average molecular weight is 292 g/mol.